The van der Waals surface area contributed by atoms with E-state index in [2.05, 4.69) is 25.1 Å². The monoisotopic (exact) mass is 255 g/mol. The van der Waals surface area contributed by atoms with Gasteiger partial charge in [0.1, 0.15) is 5.82 Å². The van der Waals surface area contributed by atoms with E-state index >= 15 is 0 Å². The van der Waals surface area contributed by atoms with Crippen molar-refractivity contribution in [3.05, 3.63) is 53.8 Å². The molecule has 96 valence electrons. The molecule has 0 aliphatic carbocycles. The maximum atomic E-state index is 13.0. The first-order valence-corrected chi connectivity index (χ1v) is 6.51. The van der Waals surface area contributed by atoms with Gasteiger partial charge >= 0.3 is 0 Å². The van der Waals surface area contributed by atoms with Crippen LogP contribution < -0.4 is 4.97 Å². The van der Waals surface area contributed by atoms with Gasteiger partial charge in [-0.3, -0.25) is 4.84 Å². The minimum absolute atomic E-state index is 0.213. The summed E-state index contributed by atoms with van der Waals surface area (Å²) < 4.78 is 13.0. The third-order valence-corrected chi connectivity index (χ3v) is 3.33. The summed E-state index contributed by atoms with van der Waals surface area (Å²) in [7, 11) is 0.900. The van der Waals surface area contributed by atoms with Crippen LogP contribution in [-0.2, 0) is 4.84 Å². The number of nitrogens with zero attached hydrogens (tertiary/aromatic N) is 1. The lowest BCUT2D eigenvalue weighted by atomic mass is 9.88. The van der Waals surface area contributed by atoms with Gasteiger partial charge in [-0.15, -0.1) is 0 Å². The molecule has 1 aliphatic rings. The highest BCUT2D eigenvalue weighted by Crippen LogP contribution is 2.33. The molecule has 1 saturated heterocycles. The maximum Gasteiger partial charge on any atom is 0.275 e. The Morgan fingerprint density at radius 1 is 1.16 bits per heavy atom. The van der Waals surface area contributed by atoms with Crippen LogP contribution in [0.25, 0.3) is 11.1 Å². The SMILES string of the molecule is Cc1ccc(N2BCCO2)c(-c2ccc(F)cc2)c1. The summed E-state index contributed by atoms with van der Waals surface area (Å²) in [6, 6.07) is 12.9. The van der Waals surface area contributed by atoms with Crippen molar-refractivity contribution in [1.29, 1.82) is 0 Å². The van der Waals surface area contributed by atoms with Gasteiger partial charge in [-0.2, -0.15) is 0 Å². The minimum atomic E-state index is -0.213. The highest BCUT2D eigenvalue weighted by Gasteiger charge is 2.19. The van der Waals surface area contributed by atoms with Gasteiger partial charge in [-0.25, -0.2) is 4.39 Å². The molecule has 3 rings (SSSR count). The average molecular weight is 255 g/mol. The fourth-order valence-corrected chi connectivity index (χ4v) is 2.37. The van der Waals surface area contributed by atoms with Crippen molar-refractivity contribution in [2.45, 2.75) is 13.2 Å². The molecule has 2 nitrogen and oxygen atoms in total. The van der Waals surface area contributed by atoms with E-state index < -0.39 is 0 Å². The van der Waals surface area contributed by atoms with Crippen molar-refractivity contribution >= 4 is 13.1 Å². The predicted octanol–water partition coefficient (Wildman–Crippen LogP) is 3.32. The van der Waals surface area contributed by atoms with Crippen LogP contribution in [-0.4, -0.2) is 14.0 Å². The quantitative estimate of drug-likeness (QED) is 0.763. The van der Waals surface area contributed by atoms with Crippen molar-refractivity contribution in [3.8, 4) is 11.1 Å². The molecule has 2 aromatic carbocycles. The van der Waals surface area contributed by atoms with Crippen LogP contribution in [0.3, 0.4) is 0 Å². The molecule has 0 bridgehead atoms. The molecule has 19 heavy (non-hydrogen) atoms. The smallest absolute Gasteiger partial charge is 0.275 e. The number of halogens is 1. The second kappa shape index (κ2) is 5.06. The molecule has 0 unspecified atom stereocenters. The van der Waals surface area contributed by atoms with Gasteiger partial charge in [0, 0.05) is 5.56 Å². The largest absolute Gasteiger partial charge is 0.304 e. The van der Waals surface area contributed by atoms with E-state index in [-0.39, 0.29) is 5.82 Å². The Morgan fingerprint density at radius 3 is 2.63 bits per heavy atom. The summed E-state index contributed by atoms with van der Waals surface area (Å²) in [6.45, 7) is 2.82. The lowest BCUT2D eigenvalue weighted by Gasteiger charge is -2.21. The topological polar surface area (TPSA) is 12.5 Å². The van der Waals surface area contributed by atoms with Crippen LogP contribution in [0.4, 0.5) is 10.1 Å². The van der Waals surface area contributed by atoms with Gasteiger partial charge in [0.05, 0.1) is 12.3 Å². The molecule has 0 amide bonds. The third kappa shape index (κ3) is 2.49. The van der Waals surface area contributed by atoms with E-state index in [0.29, 0.717) is 0 Å². The number of benzene rings is 2. The lowest BCUT2D eigenvalue weighted by molar-refractivity contribution is 0.185. The number of rotatable bonds is 2. The summed E-state index contributed by atoms with van der Waals surface area (Å²) in [5.41, 5.74) is 4.33. The van der Waals surface area contributed by atoms with Crippen molar-refractivity contribution in [3.63, 3.8) is 0 Å². The molecule has 1 aliphatic heterocycles. The van der Waals surface area contributed by atoms with Gasteiger partial charge in [0.15, 0.2) is 0 Å². The number of aryl methyl sites for hydroxylation is 1. The molecule has 1 fully saturated rings. The molecule has 0 atom stereocenters. The van der Waals surface area contributed by atoms with E-state index in [0.717, 1.165) is 37.2 Å². The van der Waals surface area contributed by atoms with Gasteiger partial charge in [0.2, 0.25) is 0 Å². The Morgan fingerprint density at radius 2 is 1.95 bits per heavy atom. The first-order chi connectivity index (χ1) is 9.24. The normalized spacial score (nSPS) is 14.5. The molecule has 0 aromatic heterocycles. The van der Waals surface area contributed by atoms with Crippen LogP contribution in [0.2, 0.25) is 6.32 Å². The van der Waals surface area contributed by atoms with E-state index in [1.165, 1.54) is 17.7 Å². The summed E-state index contributed by atoms with van der Waals surface area (Å²) in [5, 5.41) is 0. The molecular formula is C15H15BFNO. The Kier molecular flexibility index (Phi) is 3.26. The van der Waals surface area contributed by atoms with Gasteiger partial charge in [0.25, 0.3) is 7.41 Å². The average Bonchev–Trinajstić information content (AvgIpc) is 2.93. The molecule has 1 heterocycles. The second-order valence-electron chi connectivity index (χ2n) is 4.82. The number of anilines is 1. The third-order valence-electron chi connectivity index (χ3n) is 3.33. The van der Waals surface area contributed by atoms with Crippen LogP contribution in [0.5, 0.6) is 0 Å². The highest BCUT2D eigenvalue weighted by molar-refractivity contribution is 6.41. The number of hydrogen-bond donors (Lipinski definition) is 0. The van der Waals surface area contributed by atoms with E-state index in [1.807, 2.05) is 17.1 Å². The van der Waals surface area contributed by atoms with Gasteiger partial charge in [-0.05, 0) is 43.1 Å². The maximum absolute atomic E-state index is 13.0. The molecular weight excluding hydrogens is 240 g/mol. The van der Waals surface area contributed by atoms with Crippen LogP contribution >= 0.6 is 0 Å². The van der Waals surface area contributed by atoms with Crippen LogP contribution in [0.1, 0.15) is 5.56 Å². The fraction of sp³-hybridized carbons (Fsp3) is 0.200. The van der Waals surface area contributed by atoms with Crippen molar-refractivity contribution in [2.24, 2.45) is 0 Å². The zero-order chi connectivity index (χ0) is 13.2. The lowest BCUT2D eigenvalue weighted by Crippen LogP contribution is -2.19. The summed E-state index contributed by atoms with van der Waals surface area (Å²) >= 11 is 0. The first-order valence-electron chi connectivity index (χ1n) is 6.51. The molecule has 0 spiro atoms. The van der Waals surface area contributed by atoms with E-state index in [9.17, 15) is 4.39 Å². The van der Waals surface area contributed by atoms with Crippen LogP contribution in [0, 0.1) is 12.7 Å². The fourth-order valence-electron chi connectivity index (χ4n) is 2.37. The molecule has 2 aromatic rings. The Labute approximate surface area is 113 Å². The summed E-state index contributed by atoms with van der Waals surface area (Å²) in [6.07, 6.45) is 1.04. The standard InChI is InChI=1S/C15H15BFNO/c1-11-2-7-15(18-16-8-9-19-18)14(10-11)12-3-5-13(17)6-4-12/h2-7,10,16H,8-9H2,1H3. The first kappa shape index (κ1) is 12.2. The van der Waals surface area contributed by atoms with Gasteiger partial charge in [-0.1, -0.05) is 23.8 Å². The zero-order valence-electron chi connectivity index (χ0n) is 10.9. The Hall–Kier alpha value is -1.81. The van der Waals surface area contributed by atoms with E-state index in [4.69, 9.17) is 4.84 Å². The number of hydrogen-bond acceptors (Lipinski definition) is 2. The minimum Gasteiger partial charge on any atom is -0.304 e. The molecule has 0 saturated carbocycles. The van der Waals surface area contributed by atoms with Gasteiger partial charge < -0.3 is 4.97 Å². The van der Waals surface area contributed by atoms with Crippen molar-refractivity contribution < 1.29 is 9.23 Å². The van der Waals surface area contributed by atoms with Crippen LogP contribution in [0.15, 0.2) is 42.5 Å². The molecule has 0 N–H and O–H groups in total. The summed E-state index contributed by atoms with van der Waals surface area (Å²) in [5.74, 6) is -0.213. The second-order valence-corrected chi connectivity index (χ2v) is 4.82. The van der Waals surface area contributed by atoms with Crippen molar-refractivity contribution in [2.75, 3.05) is 11.6 Å². The Balaban J connectivity index is 2.07. The zero-order valence-corrected chi connectivity index (χ0v) is 10.9. The highest BCUT2D eigenvalue weighted by atomic mass is 19.1. The van der Waals surface area contributed by atoms with E-state index in [1.54, 1.807) is 0 Å². The summed E-state index contributed by atoms with van der Waals surface area (Å²) in [4.78, 5) is 7.55. The van der Waals surface area contributed by atoms with Crippen molar-refractivity contribution in [1.82, 2.24) is 0 Å². The predicted molar refractivity (Wildman–Crippen MR) is 77.0 cm³/mol. The Bertz CT molecular complexity index is 579. The molecule has 0 radical (unpaired) electrons. The molecule has 4 heteroatoms.